The van der Waals surface area contributed by atoms with Gasteiger partial charge in [0.2, 0.25) is 0 Å². The van der Waals surface area contributed by atoms with Crippen molar-refractivity contribution in [3.05, 3.63) is 72.3 Å². The van der Waals surface area contributed by atoms with Crippen LogP contribution in [0.3, 0.4) is 0 Å². The molecule has 1 N–H and O–H groups in total. The smallest absolute Gasteiger partial charge is 0.256 e. The van der Waals surface area contributed by atoms with E-state index in [0.717, 1.165) is 16.5 Å². The summed E-state index contributed by atoms with van der Waals surface area (Å²) in [5.41, 5.74) is 3.34. The van der Waals surface area contributed by atoms with Crippen molar-refractivity contribution in [1.29, 1.82) is 0 Å². The number of aromatic nitrogens is 1. The number of carbonyl (C=O) groups excluding carboxylic acids is 1. The number of nitrogens with one attached hydrogen (secondary N) is 1. The van der Waals surface area contributed by atoms with E-state index in [-0.39, 0.29) is 5.91 Å². The first-order valence-corrected chi connectivity index (χ1v) is 10.5. The molecule has 1 aromatic heterocycles. The number of benzene rings is 3. The van der Waals surface area contributed by atoms with E-state index < -0.39 is 0 Å². The average Bonchev–Trinajstić information content (AvgIpc) is 2.87. The standard InChI is InChI=1S/C26H22N2O5/c1-30-22-10-8-17(14-24(22)31-2)27-26(29)19-15-21(28-20-6-4-3-5-18(19)20)16-7-9-23-25(13-16)33-12-11-32-23/h3-10,13-15H,11-12H2,1-2H3,(H,27,29). The summed E-state index contributed by atoms with van der Waals surface area (Å²) in [6.45, 7) is 1.03. The molecule has 2 heterocycles. The molecule has 4 aromatic rings. The van der Waals surface area contributed by atoms with E-state index in [9.17, 15) is 4.79 Å². The normalized spacial score (nSPS) is 12.3. The van der Waals surface area contributed by atoms with Gasteiger partial charge >= 0.3 is 0 Å². The van der Waals surface area contributed by atoms with Crippen LogP contribution in [0.15, 0.2) is 66.7 Å². The van der Waals surface area contributed by atoms with Gasteiger partial charge in [-0.15, -0.1) is 0 Å². The quantitative estimate of drug-likeness (QED) is 0.472. The number of rotatable bonds is 5. The predicted molar refractivity (Wildman–Crippen MR) is 126 cm³/mol. The lowest BCUT2D eigenvalue weighted by Gasteiger charge is -2.19. The number of carbonyl (C=O) groups is 1. The zero-order valence-electron chi connectivity index (χ0n) is 18.3. The summed E-state index contributed by atoms with van der Waals surface area (Å²) in [5, 5.41) is 3.72. The fraction of sp³-hybridized carbons (Fsp3) is 0.154. The van der Waals surface area contributed by atoms with Gasteiger partial charge in [0.15, 0.2) is 23.0 Å². The van der Waals surface area contributed by atoms with Gasteiger partial charge in [0.05, 0.1) is 31.0 Å². The Morgan fingerprint density at radius 3 is 2.48 bits per heavy atom. The number of amides is 1. The number of hydrogen-bond donors (Lipinski definition) is 1. The third kappa shape index (κ3) is 4.01. The van der Waals surface area contributed by atoms with Gasteiger partial charge in [0, 0.05) is 22.7 Å². The van der Waals surface area contributed by atoms with E-state index in [1.165, 1.54) is 0 Å². The molecule has 0 spiro atoms. The molecule has 1 aliphatic rings. The van der Waals surface area contributed by atoms with Crippen molar-refractivity contribution < 1.29 is 23.7 Å². The minimum Gasteiger partial charge on any atom is -0.493 e. The molecule has 0 radical (unpaired) electrons. The van der Waals surface area contributed by atoms with Crippen LogP contribution in [0.2, 0.25) is 0 Å². The van der Waals surface area contributed by atoms with Gasteiger partial charge in [-0.25, -0.2) is 4.98 Å². The molecule has 0 fully saturated rings. The highest BCUT2D eigenvalue weighted by atomic mass is 16.6. The molecule has 7 heteroatoms. The summed E-state index contributed by atoms with van der Waals surface area (Å²) in [7, 11) is 3.12. The molecule has 0 unspecified atom stereocenters. The summed E-state index contributed by atoms with van der Waals surface area (Å²) in [4.78, 5) is 18.1. The van der Waals surface area contributed by atoms with Gasteiger partial charge in [0.1, 0.15) is 13.2 Å². The van der Waals surface area contributed by atoms with Crippen LogP contribution in [0.1, 0.15) is 10.4 Å². The van der Waals surface area contributed by atoms with Crippen molar-refractivity contribution in [3.8, 4) is 34.3 Å². The van der Waals surface area contributed by atoms with Crippen molar-refractivity contribution in [1.82, 2.24) is 4.98 Å². The maximum absolute atomic E-state index is 13.3. The van der Waals surface area contributed by atoms with Crippen LogP contribution in [0.4, 0.5) is 5.69 Å². The Kier molecular flexibility index (Phi) is 5.44. The fourth-order valence-corrected chi connectivity index (χ4v) is 3.83. The topological polar surface area (TPSA) is 78.9 Å². The second kappa shape index (κ2) is 8.70. The summed E-state index contributed by atoms with van der Waals surface area (Å²) < 4.78 is 22.0. The first-order valence-electron chi connectivity index (χ1n) is 10.5. The van der Waals surface area contributed by atoms with Gasteiger partial charge in [-0.05, 0) is 42.5 Å². The van der Waals surface area contributed by atoms with Gasteiger partial charge in [-0.3, -0.25) is 4.79 Å². The molecule has 0 saturated heterocycles. The zero-order chi connectivity index (χ0) is 22.8. The highest BCUT2D eigenvalue weighted by Gasteiger charge is 2.17. The molecule has 33 heavy (non-hydrogen) atoms. The third-order valence-corrected chi connectivity index (χ3v) is 5.44. The molecule has 1 aliphatic heterocycles. The Morgan fingerprint density at radius 2 is 1.67 bits per heavy atom. The highest BCUT2D eigenvalue weighted by molar-refractivity contribution is 6.13. The first-order chi connectivity index (χ1) is 16.2. The summed E-state index contributed by atoms with van der Waals surface area (Å²) in [6, 6.07) is 20.3. The lowest BCUT2D eigenvalue weighted by molar-refractivity contribution is 0.102. The van der Waals surface area contributed by atoms with Crippen LogP contribution < -0.4 is 24.3 Å². The SMILES string of the molecule is COc1ccc(NC(=O)c2cc(-c3ccc4c(c3)OCCO4)nc3ccccc23)cc1OC. The minimum atomic E-state index is -0.250. The Labute approximate surface area is 190 Å². The second-order valence-electron chi connectivity index (χ2n) is 7.45. The fourth-order valence-electron chi connectivity index (χ4n) is 3.83. The molecule has 1 amide bonds. The predicted octanol–water partition coefficient (Wildman–Crippen LogP) is 4.94. The Balaban J connectivity index is 1.54. The van der Waals surface area contributed by atoms with E-state index in [1.807, 2.05) is 42.5 Å². The van der Waals surface area contributed by atoms with Crippen LogP contribution in [-0.4, -0.2) is 38.3 Å². The molecule has 5 rings (SSSR count). The highest BCUT2D eigenvalue weighted by Crippen LogP contribution is 2.35. The van der Waals surface area contributed by atoms with Crippen LogP contribution in [0.5, 0.6) is 23.0 Å². The summed E-state index contributed by atoms with van der Waals surface area (Å²) >= 11 is 0. The number of methoxy groups -OCH3 is 2. The number of fused-ring (bicyclic) bond motifs is 2. The first kappa shape index (κ1) is 20.6. The molecule has 0 atom stereocenters. The van der Waals surface area contributed by atoms with Crippen molar-refractivity contribution >= 4 is 22.5 Å². The molecular formula is C26H22N2O5. The Bertz CT molecular complexity index is 1350. The van der Waals surface area contributed by atoms with Crippen LogP contribution >= 0.6 is 0 Å². The number of anilines is 1. The number of pyridine rings is 1. The molecular weight excluding hydrogens is 420 g/mol. The Morgan fingerprint density at radius 1 is 0.879 bits per heavy atom. The molecule has 0 bridgehead atoms. The van der Waals surface area contributed by atoms with Crippen LogP contribution in [0, 0.1) is 0 Å². The van der Waals surface area contributed by atoms with Crippen molar-refractivity contribution in [2.75, 3.05) is 32.8 Å². The maximum atomic E-state index is 13.3. The molecule has 0 saturated carbocycles. The molecule has 0 aliphatic carbocycles. The molecule has 166 valence electrons. The van der Waals surface area contributed by atoms with Crippen molar-refractivity contribution in [2.45, 2.75) is 0 Å². The van der Waals surface area contributed by atoms with Crippen molar-refractivity contribution in [2.24, 2.45) is 0 Å². The van der Waals surface area contributed by atoms with Gasteiger partial charge in [0.25, 0.3) is 5.91 Å². The summed E-state index contributed by atoms with van der Waals surface area (Å²) in [5.74, 6) is 2.25. The average molecular weight is 442 g/mol. The summed E-state index contributed by atoms with van der Waals surface area (Å²) in [6.07, 6.45) is 0. The van der Waals surface area contributed by atoms with Gasteiger partial charge in [-0.2, -0.15) is 0 Å². The molecule has 3 aromatic carbocycles. The van der Waals surface area contributed by atoms with Crippen LogP contribution in [0.25, 0.3) is 22.2 Å². The van der Waals surface area contributed by atoms with Crippen LogP contribution in [-0.2, 0) is 0 Å². The van der Waals surface area contributed by atoms with E-state index in [2.05, 4.69) is 5.32 Å². The second-order valence-corrected chi connectivity index (χ2v) is 7.45. The lowest BCUT2D eigenvalue weighted by Crippen LogP contribution is -2.15. The van der Waals surface area contributed by atoms with E-state index in [1.54, 1.807) is 38.5 Å². The maximum Gasteiger partial charge on any atom is 0.256 e. The largest absolute Gasteiger partial charge is 0.493 e. The third-order valence-electron chi connectivity index (χ3n) is 5.44. The minimum absolute atomic E-state index is 0.250. The van der Waals surface area contributed by atoms with E-state index >= 15 is 0 Å². The Hall–Kier alpha value is -4.26. The number of nitrogens with zero attached hydrogens (tertiary/aromatic N) is 1. The van der Waals surface area contributed by atoms with Gasteiger partial charge < -0.3 is 24.3 Å². The number of hydrogen-bond acceptors (Lipinski definition) is 6. The van der Waals surface area contributed by atoms with E-state index in [0.29, 0.717) is 53.2 Å². The van der Waals surface area contributed by atoms with E-state index in [4.69, 9.17) is 23.9 Å². The number of ether oxygens (including phenoxy) is 4. The monoisotopic (exact) mass is 442 g/mol. The number of para-hydroxylation sites is 1. The van der Waals surface area contributed by atoms with Gasteiger partial charge in [-0.1, -0.05) is 18.2 Å². The lowest BCUT2D eigenvalue weighted by atomic mass is 10.0. The molecule has 7 nitrogen and oxygen atoms in total. The van der Waals surface area contributed by atoms with Crippen molar-refractivity contribution in [3.63, 3.8) is 0 Å². The zero-order valence-corrected chi connectivity index (χ0v) is 18.3.